The fourth-order valence-electron chi connectivity index (χ4n) is 0.369. The molecule has 1 rings (SSSR count). The van der Waals surface area contributed by atoms with Crippen LogP contribution in [-0.4, -0.2) is 18.4 Å². The van der Waals surface area contributed by atoms with E-state index in [1.54, 1.807) is 0 Å². The second-order valence-electron chi connectivity index (χ2n) is 1.10. The minimum absolute atomic E-state index is 0.551. The Hall–Kier alpha value is -0.240. The van der Waals surface area contributed by atoms with Gasteiger partial charge in [0.25, 0.3) is 0 Å². The maximum absolute atomic E-state index is 5.35. The molecule has 0 aromatic carbocycles. The molecule has 0 unspecified atom stereocenters. The van der Waals surface area contributed by atoms with Crippen molar-refractivity contribution in [2.24, 2.45) is 4.99 Å². The highest BCUT2D eigenvalue weighted by Gasteiger charge is 1.96. The Morgan fingerprint density at radius 3 is 2.83 bits per heavy atom. The Balaban J connectivity index is 2.45. The molecule has 0 bridgehead atoms. The number of rotatable bonds is 0. The molecule has 0 aliphatic carbocycles. The number of hydrogen-bond acceptors (Lipinski definition) is 2. The van der Waals surface area contributed by atoms with Crippen LogP contribution < -0.4 is 5.32 Å². The lowest BCUT2D eigenvalue weighted by molar-refractivity contribution is 0.963. The van der Waals surface area contributed by atoms with Gasteiger partial charge in [0, 0.05) is 6.54 Å². The van der Waals surface area contributed by atoms with Gasteiger partial charge in [-0.05, 0) is 11.6 Å². The van der Waals surface area contributed by atoms with Crippen LogP contribution in [0.4, 0.5) is 0 Å². The number of nitrogens with one attached hydrogen (secondary N) is 1. The molecular formula is C3H5ClN2. The predicted octanol–water partition coefficient (Wildman–Crippen LogP) is 0.184. The highest BCUT2D eigenvalue weighted by Crippen LogP contribution is 1.86. The van der Waals surface area contributed by atoms with Crippen LogP contribution in [0.1, 0.15) is 0 Å². The Morgan fingerprint density at radius 2 is 2.67 bits per heavy atom. The summed E-state index contributed by atoms with van der Waals surface area (Å²) in [6.07, 6.45) is 0. The first-order valence-corrected chi connectivity index (χ1v) is 2.21. The molecule has 3 heteroatoms. The van der Waals surface area contributed by atoms with E-state index < -0.39 is 0 Å². The van der Waals surface area contributed by atoms with Crippen LogP contribution in [0.5, 0.6) is 0 Å². The van der Waals surface area contributed by atoms with Gasteiger partial charge in [-0.2, -0.15) is 0 Å². The fourth-order valence-corrected chi connectivity index (χ4v) is 0.548. The molecule has 34 valence electrons. The molecule has 0 aromatic heterocycles. The Bertz CT molecular complexity index is 78.9. The minimum Gasteiger partial charge on any atom is -0.359 e. The third kappa shape index (κ3) is 0.627. The van der Waals surface area contributed by atoms with Gasteiger partial charge in [-0.15, -0.1) is 0 Å². The molecule has 0 fully saturated rings. The van der Waals surface area contributed by atoms with E-state index in [0.717, 1.165) is 13.1 Å². The van der Waals surface area contributed by atoms with E-state index in [1.165, 1.54) is 0 Å². The van der Waals surface area contributed by atoms with E-state index in [-0.39, 0.29) is 0 Å². The van der Waals surface area contributed by atoms with Gasteiger partial charge in [0.1, 0.15) is 0 Å². The maximum Gasteiger partial charge on any atom is 0.191 e. The minimum atomic E-state index is 0.551. The summed E-state index contributed by atoms with van der Waals surface area (Å²) in [7, 11) is 0. The number of aliphatic imine (C=N–C) groups is 1. The third-order valence-electron chi connectivity index (χ3n) is 0.633. The van der Waals surface area contributed by atoms with Crippen LogP contribution in [0.25, 0.3) is 0 Å². The average Bonchev–Trinajstić information content (AvgIpc) is 1.86. The predicted molar refractivity (Wildman–Crippen MR) is 26.2 cm³/mol. The summed E-state index contributed by atoms with van der Waals surface area (Å²) in [6.45, 7) is 1.73. The number of nitrogens with zero attached hydrogens (tertiary/aromatic N) is 1. The van der Waals surface area contributed by atoms with Gasteiger partial charge in [0.05, 0.1) is 6.54 Å². The van der Waals surface area contributed by atoms with Gasteiger partial charge >= 0.3 is 0 Å². The molecule has 0 amide bonds. The normalized spacial score (nSPS) is 19.8. The number of amidine groups is 1. The van der Waals surface area contributed by atoms with Crippen molar-refractivity contribution >= 4 is 16.9 Å². The molecule has 1 aliphatic heterocycles. The first-order chi connectivity index (χ1) is 2.89. The van der Waals surface area contributed by atoms with Crippen LogP contribution in [0.2, 0.25) is 0 Å². The molecule has 0 radical (unpaired) electrons. The molecular weight excluding hydrogens is 99.5 g/mol. The monoisotopic (exact) mass is 104 g/mol. The third-order valence-corrected chi connectivity index (χ3v) is 0.886. The van der Waals surface area contributed by atoms with Crippen molar-refractivity contribution in [3.63, 3.8) is 0 Å². The van der Waals surface area contributed by atoms with E-state index in [2.05, 4.69) is 10.3 Å². The van der Waals surface area contributed by atoms with Crippen molar-refractivity contribution in [2.45, 2.75) is 0 Å². The van der Waals surface area contributed by atoms with Crippen molar-refractivity contribution in [1.29, 1.82) is 0 Å². The average molecular weight is 105 g/mol. The van der Waals surface area contributed by atoms with Crippen LogP contribution in [0.15, 0.2) is 4.99 Å². The van der Waals surface area contributed by atoms with Gasteiger partial charge in [-0.25, -0.2) is 0 Å². The highest BCUT2D eigenvalue weighted by atomic mass is 35.5. The van der Waals surface area contributed by atoms with Crippen molar-refractivity contribution in [1.82, 2.24) is 5.32 Å². The molecule has 0 atom stereocenters. The summed E-state index contributed by atoms with van der Waals surface area (Å²) >= 11 is 5.35. The molecule has 0 spiro atoms. The highest BCUT2D eigenvalue weighted by molar-refractivity contribution is 6.64. The first kappa shape index (κ1) is 3.93. The molecule has 2 nitrogen and oxygen atoms in total. The lowest BCUT2D eigenvalue weighted by atomic mass is 10.7. The number of hydrogen-bond donors (Lipinski definition) is 1. The van der Waals surface area contributed by atoms with Crippen molar-refractivity contribution in [3.8, 4) is 0 Å². The van der Waals surface area contributed by atoms with E-state index in [4.69, 9.17) is 11.6 Å². The summed E-state index contributed by atoms with van der Waals surface area (Å²) in [5.41, 5.74) is 0. The zero-order valence-electron chi connectivity index (χ0n) is 3.24. The van der Waals surface area contributed by atoms with E-state index in [1.807, 2.05) is 0 Å². The zero-order valence-corrected chi connectivity index (χ0v) is 4.00. The van der Waals surface area contributed by atoms with Gasteiger partial charge in [-0.1, -0.05) is 0 Å². The van der Waals surface area contributed by atoms with Gasteiger partial charge in [-0.3, -0.25) is 4.99 Å². The Morgan fingerprint density at radius 1 is 1.83 bits per heavy atom. The quantitative estimate of drug-likeness (QED) is 0.436. The number of halogens is 1. The van der Waals surface area contributed by atoms with E-state index in [0.29, 0.717) is 5.29 Å². The molecule has 0 saturated heterocycles. The van der Waals surface area contributed by atoms with E-state index >= 15 is 0 Å². The molecule has 0 aromatic rings. The molecule has 1 aliphatic rings. The largest absolute Gasteiger partial charge is 0.359 e. The molecule has 6 heavy (non-hydrogen) atoms. The fraction of sp³-hybridized carbons (Fsp3) is 0.667. The molecule has 1 heterocycles. The smallest absolute Gasteiger partial charge is 0.191 e. The van der Waals surface area contributed by atoms with Crippen molar-refractivity contribution in [3.05, 3.63) is 0 Å². The van der Waals surface area contributed by atoms with Crippen molar-refractivity contribution < 1.29 is 0 Å². The van der Waals surface area contributed by atoms with E-state index in [9.17, 15) is 0 Å². The second kappa shape index (κ2) is 1.47. The molecule has 0 saturated carbocycles. The van der Waals surface area contributed by atoms with Crippen LogP contribution >= 0.6 is 11.6 Å². The topological polar surface area (TPSA) is 24.4 Å². The Kier molecular flexibility index (Phi) is 0.965. The standard InChI is InChI=1S/C3H5ClN2/c4-3-5-1-2-6-3/h1-2H2,(H,5,6). The lowest BCUT2D eigenvalue weighted by Crippen LogP contribution is -2.11. The summed E-state index contributed by atoms with van der Waals surface area (Å²) in [6, 6.07) is 0. The molecule has 1 N–H and O–H groups in total. The zero-order chi connectivity index (χ0) is 4.41. The van der Waals surface area contributed by atoms with Gasteiger partial charge in [0.2, 0.25) is 0 Å². The summed E-state index contributed by atoms with van der Waals surface area (Å²) in [4.78, 5) is 3.81. The Labute approximate surface area is 41.2 Å². The summed E-state index contributed by atoms with van der Waals surface area (Å²) in [5, 5.41) is 3.39. The van der Waals surface area contributed by atoms with Crippen LogP contribution in [0.3, 0.4) is 0 Å². The first-order valence-electron chi connectivity index (χ1n) is 1.83. The summed E-state index contributed by atoms with van der Waals surface area (Å²) < 4.78 is 0. The van der Waals surface area contributed by atoms with Crippen molar-refractivity contribution in [2.75, 3.05) is 13.1 Å². The van der Waals surface area contributed by atoms with Gasteiger partial charge in [0.15, 0.2) is 5.29 Å². The second-order valence-corrected chi connectivity index (χ2v) is 1.46. The van der Waals surface area contributed by atoms with Crippen LogP contribution in [-0.2, 0) is 0 Å². The van der Waals surface area contributed by atoms with Crippen LogP contribution in [0, 0.1) is 0 Å². The van der Waals surface area contributed by atoms with Gasteiger partial charge < -0.3 is 5.32 Å². The lowest BCUT2D eigenvalue weighted by Gasteiger charge is -1.82. The summed E-state index contributed by atoms with van der Waals surface area (Å²) in [5.74, 6) is 0. The SMILES string of the molecule is ClC1=NCCN1. The maximum atomic E-state index is 5.35.